The van der Waals surface area contributed by atoms with Gasteiger partial charge in [-0.25, -0.2) is 0 Å². The van der Waals surface area contributed by atoms with Gasteiger partial charge in [0.1, 0.15) is 0 Å². The van der Waals surface area contributed by atoms with E-state index in [1.54, 1.807) is 6.20 Å². The molecule has 0 bridgehead atoms. The van der Waals surface area contributed by atoms with E-state index >= 15 is 0 Å². The highest BCUT2D eigenvalue weighted by Gasteiger charge is 1.90. The highest BCUT2D eigenvalue weighted by molar-refractivity contribution is 5.21. The average molecular weight is 120 g/mol. The van der Waals surface area contributed by atoms with E-state index in [1.165, 1.54) is 11.1 Å². The number of nitrogens with zero attached hydrogens (tertiary/aromatic N) is 1. The Balaban J connectivity index is 3.01. The maximum atomic E-state index is 3.98. The maximum Gasteiger partial charge on any atom is 0.0302 e. The van der Waals surface area contributed by atoms with Crippen LogP contribution in [0.2, 0.25) is 0 Å². The van der Waals surface area contributed by atoms with E-state index < -0.39 is 0 Å². The van der Waals surface area contributed by atoms with Crippen LogP contribution in [0.15, 0.2) is 18.5 Å². The second-order valence-corrected chi connectivity index (χ2v) is 2.05. The molecular formula is C8H10N. The van der Waals surface area contributed by atoms with Gasteiger partial charge in [-0.3, -0.25) is 4.98 Å². The molecule has 1 rings (SSSR count). The Bertz CT molecular complexity index is 194. The zero-order valence-electron chi connectivity index (χ0n) is 5.59. The second kappa shape index (κ2) is 2.62. The summed E-state index contributed by atoms with van der Waals surface area (Å²) in [5.41, 5.74) is 2.51. The second-order valence-electron chi connectivity index (χ2n) is 2.05. The summed E-state index contributed by atoms with van der Waals surface area (Å²) in [6.45, 7) is 5.85. The van der Waals surface area contributed by atoms with Crippen LogP contribution in [0, 0.1) is 13.8 Å². The van der Waals surface area contributed by atoms with Gasteiger partial charge >= 0.3 is 0 Å². The van der Waals surface area contributed by atoms with Crippen molar-refractivity contribution in [2.45, 2.75) is 13.3 Å². The molecule has 47 valence electrons. The molecule has 0 N–H and O–H groups in total. The van der Waals surface area contributed by atoms with Gasteiger partial charge in [-0.05, 0) is 37.5 Å². The smallest absolute Gasteiger partial charge is 0.0302 e. The monoisotopic (exact) mass is 120 g/mol. The van der Waals surface area contributed by atoms with Crippen molar-refractivity contribution in [3.05, 3.63) is 36.5 Å². The highest BCUT2D eigenvalue weighted by atomic mass is 14.6. The number of aryl methyl sites for hydroxylation is 1. The molecule has 0 aliphatic heterocycles. The standard InChI is InChI=1S/C8H10N/c1-3-8-6-9-5-4-7(8)2/h4-6H,1,3H2,2H3. The van der Waals surface area contributed by atoms with E-state index in [4.69, 9.17) is 0 Å². The van der Waals surface area contributed by atoms with E-state index in [9.17, 15) is 0 Å². The average Bonchev–Trinajstić information content (AvgIpc) is 1.89. The van der Waals surface area contributed by atoms with Crippen molar-refractivity contribution in [2.75, 3.05) is 0 Å². The van der Waals surface area contributed by atoms with Crippen molar-refractivity contribution in [3.63, 3.8) is 0 Å². The van der Waals surface area contributed by atoms with E-state index in [0.29, 0.717) is 0 Å². The van der Waals surface area contributed by atoms with Crippen molar-refractivity contribution in [3.8, 4) is 0 Å². The minimum atomic E-state index is 0.833. The van der Waals surface area contributed by atoms with Gasteiger partial charge in [0.25, 0.3) is 0 Å². The predicted molar refractivity (Wildman–Crippen MR) is 38.0 cm³/mol. The van der Waals surface area contributed by atoms with E-state index in [0.717, 1.165) is 6.42 Å². The van der Waals surface area contributed by atoms with Crippen LogP contribution in [-0.4, -0.2) is 4.98 Å². The third-order valence-corrected chi connectivity index (χ3v) is 1.42. The van der Waals surface area contributed by atoms with Crippen molar-refractivity contribution >= 4 is 0 Å². The van der Waals surface area contributed by atoms with Crippen LogP contribution in [0.5, 0.6) is 0 Å². The van der Waals surface area contributed by atoms with Crippen LogP contribution in [0.4, 0.5) is 0 Å². The number of pyridine rings is 1. The van der Waals surface area contributed by atoms with Crippen molar-refractivity contribution < 1.29 is 0 Å². The fraction of sp³-hybridized carbons (Fsp3) is 0.250. The third kappa shape index (κ3) is 1.28. The predicted octanol–water partition coefficient (Wildman–Crippen LogP) is 1.77. The summed E-state index contributed by atoms with van der Waals surface area (Å²) in [6, 6.07) is 2.00. The molecule has 1 aromatic rings. The molecule has 9 heavy (non-hydrogen) atoms. The molecule has 1 radical (unpaired) electrons. The summed E-state index contributed by atoms with van der Waals surface area (Å²) in [6.07, 6.45) is 4.50. The van der Waals surface area contributed by atoms with E-state index in [-0.39, 0.29) is 0 Å². The minimum absolute atomic E-state index is 0.833. The minimum Gasteiger partial charge on any atom is -0.264 e. The van der Waals surface area contributed by atoms with Crippen LogP contribution in [0.1, 0.15) is 11.1 Å². The van der Waals surface area contributed by atoms with Crippen LogP contribution >= 0.6 is 0 Å². The first-order valence-electron chi connectivity index (χ1n) is 3.03. The molecule has 0 saturated carbocycles. The van der Waals surface area contributed by atoms with Crippen molar-refractivity contribution in [1.82, 2.24) is 4.98 Å². The van der Waals surface area contributed by atoms with Gasteiger partial charge in [-0.15, -0.1) is 0 Å². The van der Waals surface area contributed by atoms with Crippen LogP contribution in [0.25, 0.3) is 0 Å². The fourth-order valence-corrected chi connectivity index (χ4v) is 0.758. The lowest BCUT2D eigenvalue weighted by molar-refractivity contribution is 1.14. The fourth-order valence-electron chi connectivity index (χ4n) is 0.758. The Morgan fingerprint density at radius 2 is 2.44 bits per heavy atom. The normalized spacial score (nSPS) is 9.56. The Morgan fingerprint density at radius 1 is 1.67 bits per heavy atom. The summed E-state index contributed by atoms with van der Waals surface area (Å²) >= 11 is 0. The Hall–Kier alpha value is -0.850. The van der Waals surface area contributed by atoms with Crippen LogP contribution < -0.4 is 0 Å². The van der Waals surface area contributed by atoms with E-state index in [1.807, 2.05) is 12.3 Å². The Labute approximate surface area is 55.7 Å². The van der Waals surface area contributed by atoms with Gasteiger partial charge in [0.05, 0.1) is 0 Å². The molecule has 0 unspecified atom stereocenters. The van der Waals surface area contributed by atoms with Gasteiger partial charge < -0.3 is 0 Å². The molecule has 0 spiro atoms. The number of hydrogen-bond acceptors (Lipinski definition) is 1. The molecule has 0 aliphatic rings. The molecule has 0 fully saturated rings. The molecule has 1 nitrogen and oxygen atoms in total. The molecule has 0 saturated heterocycles. The molecule has 0 amide bonds. The topological polar surface area (TPSA) is 12.9 Å². The zero-order chi connectivity index (χ0) is 6.69. The zero-order valence-corrected chi connectivity index (χ0v) is 5.59. The lowest BCUT2D eigenvalue weighted by Gasteiger charge is -1.97. The SMILES string of the molecule is [CH2]Cc1cnccc1C. The van der Waals surface area contributed by atoms with Gasteiger partial charge in [-0.1, -0.05) is 0 Å². The van der Waals surface area contributed by atoms with E-state index in [2.05, 4.69) is 18.8 Å². The van der Waals surface area contributed by atoms with Gasteiger partial charge in [0, 0.05) is 12.4 Å². The molecule has 1 aromatic heterocycles. The summed E-state index contributed by atoms with van der Waals surface area (Å²) in [5.74, 6) is 0. The highest BCUT2D eigenvalue weighted by Crippen LogP contribution is 2.03. The number of hydrogen-bond donors (Lipinski definition) is 0. The molecule has 1 heterocycles. The van der Waals surface area contributed by atoms with Crippen LogP contribution in [0.3, 0.4) is 0 Å². The largest absolute Gasteiger partial charge is 0.264 e. The summed E-state index contributed by atoms with van der Waals surface area (Å²) in [7, 11) is 0. The van der Waals surface area contributed by atoms with Crippen molar-refractivity contribution in [1.29, 1.82) is 0 Å². The lowest BCUT2D eigenvalue weighted by atomic mass is 10.1. The van der Waals surface area contributed by atoms with Gasteiger partial charge in [-0.2, -0.15) is 0 Å². The molecule has 0 aromatic carbocycles. The summed E-state index contributed by atoms with van der Waals surface area (Å²) < 4.78 is 0. The molecule has 0 aliphatic carbocycles. The van der Waals surface area contributed by atoms with Crippen LogP contribution in [-0.2, 0) is 6.42 Å². The summed E-state index contributed by atoms with van der Waals surface area (Å²) in [4.78, 5) is 3.98. The third-order valence-electron chi connectivity index (χ3n) is 1.42. The molecular weight excluding hydrogens is 110 g/mol. The van der Waals surface area contributed by atoms with Crippen molar-refractivity contribution in [2.24, 2.45) is 0 Å². The quantitative estimate of drug-likeness (QED) is 0.550. The lowest BCUT2D eigenvalue weighted by Crippen LogP contribution is -1.85. The molecule has 1 heteroatoms. The molecule has 0 atom stereocenters. The number of rotatable bonds is 1. The number of aromatic nitrogens is 1. The summed E-state index contributed by atoms with van der Waals surface area (Å²) in [5, 5.41) is 0. The maximum absolute atomic E-state index is 3.98. The Morgan fingerprint density at radius 3 is 2.89 bits per heavy atom. The first-order chi connectivity index (χ1) is 4.34. The Kier molecular flexibility index (Phi) is 1.83. The first kappa shape index (κ1) is 6.27. The first-order valence-corrected chi connectivity index (χ1v) is 3.03. The van der Waals surface area contributed by atoms with Gasteiger partial charge in [0.2, 0.25) is 0 Å². The van der Waals surface area contributed by atoms with Gasteiger partial charge in [0.15, 0.2) is 0 Å².